The van der Waals surface area contributed by atoms with E-state index < -0.39 is 0 Å². The first-order valence-electron chi connectivity index (χ1n) is 7.47. The zero-order valence-corrected chi connectivity index (χ0v) is 12.2. The van der Waals surface area contributed by atoms with Crippen molar-refractivity contribution in [2.24, 2.45) is 5.92 Å². The summed E-state index contributed by atoms with van der Waals surface area (Å²) >= 11 is 0. The van der Waals surface area contributed by atoms with Crippen molar-refractivity contribution in [1.29, 1.82) is 0 Å². The third-order valence-electron chi connectivity index (χ3n) is 3.84. The normalized spacial score (nSPS) is 17.1. The van der Waals surface area contributed by atoms with Crippen molar-refractivity contribution in [2.45, 2.75) is 32.6 Å². The lowest BCUT2D eigenvalue weighted by Gasteiger charge is -2.27. The monoisotopic (exact) mass is 270 g/mol. The zero-order chi connectivity index (χ0) is 13.9. The van der Waals surface area contributed by atoms with E-state index >= 15 is 0 Å². The van der Waals surface area contributed by atoms with Crippen LogP contribution in [0.15, 0.2) is 34.9 Å². The van der Waals surface area contributed by atoms with Crippen LogP contribution in [-0.4, -0.2) is 18.1 Å². The Morgan fingerprint density at radius 1 is 1.35 bits per heavy atom. The van der Waals surface area contributed by atoms with Crippen LogP contribution in [0.4, 0.5) is 0 Å². The Morgan fingerprint density at radius 2 is 2.20 bits per heavy atom. The summed E-state index contributed by atoms with van der Waals surface area (Å²) in [6, 6.07) is 8.58. The molecule has 0 saturated carbocycles. The first-order valence-corrected chi connectivity index (χ1v) is 7.47. The van der Waals surface area contributed by atoms with Gasteiger partial charge in [-0.1, -0.05) is 38.1 Å². The van der Waals surface area contributed by atoms with E-state index in [4.69, 9.17) is 4.42 Å². The number of hydrogen-bond acceptors (Lipinski definition) is 3. The molecule has 0 bridgehead atoms. The van der Waals surface area contributed by atoms with Crippen molar-refractivity contribution in [3.05, 3.63) is 53.2 Å². The maximum Gasteiger partial charge on any atom is 0.195 e. The van der Waals surface area contributed by atoms with Gasteiger partial charge in [-0.2, -0.15) is 0 Å². The molecular formula is C17H22N2O. The van der Waals surface area contributed by atoms with Gasteiger partial charge in [0.15, 0.2) is 5.89 Å². The second-order valence-electron chi connectivity index (χ2n) is 5.96. The number of benzene rings is 1. The van der Waals surface area contributed by atoms with Gasteiger partial charge in [0, 0.05) is 18.9 Å². The highest BCUT2D eigenvalue weighted by atomic mass is 16.4. The summed E-state index contributed by atoms with van der Waals surface area (Å²) in [7, 11) is 0. The largest absolute Gasteiger partial charge is 0.445 e. The molecule has 20 heavy (non-hydrogen) atoms. The molecule has 106 valence electrons. The van der Waals surface area contributed by atoms with Gasteiger partial charge in [0.1, 0.15) is 5.76 Å². The van der Waals surface area contributed by atoms with E-state index in [0.717, 1.165) is 37.6 Å². The summed E-state index contributed by atoms with van der Waals surface area (Å²) < 4.78 is 5.90. The Hall–Kier alpha value is -1.61. The third-order valence-corrected chi connectivity index (χ3v) is 3.84. The van der Waals surface area contributed by atoms with Crippen molar-refractivity contribution < 1.29 is 4.42 Å². The van der Waals surface area contributed by atoms with E-state index in [-0.39, 0.29) is 0 Å². The Morgan fingerprint density at radius 3 is 3.00 bits per heavy atom. The van der Waals surface area contributed by atoms with Crippen LogP contribution in [0.1, 0.15) is 42.5 Å². The van der Waals surface area contributed by atoms with Crippen molar-refractivity contribution in [3.8, 4) is 0 Å². The molecular weight excluding hydrogens is 248 g/mol. The molecule has 1 atom stereocenters. The molecule has 1 unspecified atom stereocenters. The minimum atomic E-state index is 0.413. The van der Waals surface area contributed by atoms with Crippen molar-refractivity contribution >= 4 is 0 Å². The maximum absolute atomic E-state index is 5.90. The SMILES string of the molecule is CC(C)CNCCc1ncc(C2Cc3ccccc32)o1. The summed E-state index contributed by atoms with van der Waals surface area (Å²) in [6.07, 6.45) is 3.84. The number of nitrogens with one attached hydrogen (secondary N) is 1. The Kier molecular flexibility index (Phi) is 3.88. The molecule has 2 aromatic rings. The van der Waals surface area contributed by atoms with Gasteiger partial charge in [-0.3, -0.25) is 0 Å². The van der Waals surface area contributed by atoms with Gasteiger partial charge in [-0.25, -0.2) is 4.98 Å². The molecule has 0 radical (unpaired) electrons. The predicted molar refractivity (Wildman–Crippen MR) is 79.9 cm³/mol. The lowest BCUT2D eigenvalue weighted by atomic mass is 9.76. The Labute approximate surface area is 120 Å². The second kappa shape index (κ2) is 5.80. The highest BCUT2D eigenvalue weighted by molar-refractivity contribution is 5.44. The molecule has 3 rings (SSSR count). The van der Waals surface area contributed by atoms with E-state index in [1.54, 1.807) is 0 Å². The average molecular weight is 270 g/mol. The molecule has 0 amide bonds. The molecule has 1 heterocycles. The standard InChI is InChI=1S/C17H22N2O/c1-12(2)10-18-8-7-17-19-11-16(20-17)15-9-13-5-3-4-6-14(13)15/h3-6,11-12,15,18H,7-10H2,1-2H3. The van der Waals surface area contributed by atoms with Gasteiger partial charge in [0.05, 0.1) is 6.20 Å². The van der Waals surface area contributed by atoms with Gasteiger partial charge in [0.25, 0.3) is 0 Å². The number of aromatic nitrogens is 1. The third kappa shape index (κ3) is 2.78. The molecule has 0 aliphatic heterocycles. The lowest BCUT2D eigenvalue weighted by Crippen LogP contribution is -2.22. The summed E-state index contributed by atoms with van der Waals surface area (Å²) in [5, 5.41) is 3.42. The van der Waals surface area contributed by atoms with Gasteiger partial charge in [-0.15, -0.1) is 0 Å². The quantitative estimate of drug-likeness (QED) is 0.819. The first kappa shape index (κ1) is 13.4. The van der Waals surface area contributed by atoms with Gasteiger partial charge in [-0.05, 0) is 30.0 Å². The van der Waals surface area contributed by atoms with E-state index in [0.29, 0.717) is 11.8 Å². The molecule has 3 heteroatoms. The van der Waals surface area contributed by atoms with E-state index in [2.05, 4.69) is 48.4 Å². The van der Waals surface area contributed by atoms with E-state index in [1.807, 2.05) is 6.20 Å². The van der Waals surface area contributed by atoms with Crippen molar-refractivity contribution in [1.82, 2.24) is 10.3 Å². The Balaban J connectivity index is 1.56. The summed E-state index contributed by atoms with van der Waals surface area (Å²) in [6.45, 7) is 6.40. The average Bonchev–Trinajstić information content (AvgIpc) is 2.84. The van der Waals surface area contributed by atoms with Crippen LogP contribution in [0, 0.1) is 5.92 Å². The summed E-state index contributed by atoms with van der Waals surface area (Å²) in [5.74, 6) is 2.96. The minimum Gasteiger partial charge on any atom is -0.445 e. The Bertz CT molecular complexity index is 574. The van der Waals surface area contributed by atoms with Crippen LogP contribution in [0.2, 0.25) is 0 Å². The number of rotatable bonds is 6. The fourth-order valence-electron chi connectivity index (χ4n) is 2.70. The maximum atomic E-state index is 5.90. The van der Waals surface area contributed by atoms with Gasteiger partial charge < -0.3 is 9.73 Å². The van der Waals surface area contributed by atoms with E-state index in [1.165, 1.54) is 11.1 Å². The molecule has 0 spiro atoms. The molecule has 0 saturated heterocycles. The number of oxazole rings is 1. The number of hydrogen-bond donors (Lipinski definition) is 1. The van der Waals surface area contributed by atoms with Crippen LogP contribution in [-0.2, 0) is 12.8 Å². The smallest absolute Gasteiger partial charge is 0.195 e. The summed E-state index contributed by atoms with van der Waals surface area (Å²) in [5.41, 5.74) is 2.84. The zero-order valence-electron chi connectivity index (χ0n) is 12.2. The highest BCUT2D eigenvalue weighted by Crippen LogP contribution is 2.39. The fraction of sp³-hybridized carbons (Fsp3) is 0.471. The highest BCUT2D eigenvalue weighted by Gasteiger charge is 2.29. The van der Waals surface area contributed by atoms with Crippen LogP contribution in [0.25, 0.3) is 0 Å². The second-order valence-corrected chi connectivity index (χ2v) is 5.96. The van der Waals surface area contributed by atoms with Crippen LogP contribution in [0.5, 0.6) is 0 Å². The van der Waals surface area contributed by atoms with Crippen molar-refractivity contribution in [3.63, 3.8) is 0 Å². The van der Waals surface area contributed by atoms with Crippen LogP contribution >= 0.6 is 0 Å². The number of nitrogens with zero attached hydrogens (tertiary/aromatic N) is 1. The first-order chi connectivity index (χ1) is 9.74. The summed E-state index contributed by atoms with van der Waals surface area (Å²) in [4.78, 5) is 4.40. The molecule has 0 fully saturated rings. The minimum absolute atomic E-state index is 0.413. The van der Waals surface area contributed by atoms with Crippen LogP contribution in [0.3, 0.4) is 0 Å². The lowest BCUT2D eigenvalue weighted by molar-refractivity contribution is 0.419. The molecule has 3 nitrogen and oxygen atoms in total. The molecule has 1 aromatic heterocycles. The van der Waals surface area contributed by atoms with Crippen LogP contribution < -0.4 is 5.32 Å². The molecule has 1 N–H and O–H groups in total. The molecule has 1 aromatic carbocycles. The molecule has 1 aliphatic carbocycles. The predicted octanol–water partition coefficient (Wildman–Crippen LogP) is 3.15. The van der Waals surface area contributed by atoms with Crippen molar-refractivity contribution in [2.75, 3.05) is 13.1 Å². The topological polar surface area (TPSA) is 38.1 Å². The fourth-order valence-corrected chi connectivity index (χ4v) is 2.70. The van der Waals surface area contributed by atoms with Gasteiger partial charge >= 0.3 is 0 Å². The van der Waals surface area contributed by atoms with Gasteiger partial charge in [0.2, 0.25) is 0 Å². The number of fused-ring (bicyclic) bond motifs is 1. The van der Waals surface area contributed by atoms with E-state index in [9.17, 15) is 0 Å². The molecule has 1 aliphatic rings.